The summed E-state index contributed by atoms with van der Waals surface area (Å²) in [4.78, 5) is 19.7. The molecule has 0 aliphatic heterocycles. The van der Waals surface area contributed by atoms with Crippen LogP contribution in [-0.4, -0.2) is 95.9 Å². The molecule has 2 aromatic rings. The minimum absolute atomic E-state index is 0. The fourth-order valence-electron chi connectivity index (χ4n) is 3.16. The Kier molecular flexibility index (Phi) is 11.7. The zero-order valence-electron chi connectivity index (χ0n) is 21.6. The molecule has 8 nitrogen and oxygen atoms in total. The van der Waals surface area contributed by atoms with Crippen molar-refractivity contribution in [3.05, 3.63) is 53.2 Å². The van der Waals surface area contributed by atoms with Gasteiger partial charge >= 0.3 is 43.7 Å². The summed E-state index contributed by atoms with van der Waals surface area (Å²) in [6, 6.07) is 5.55. The van der Waals surface area contributed by atoms with Crippen molar-refractivity contribution >= 4 is 59.6 Å². The molecule has 184 valence electrons. The maximum Gasteiger partial charge on any atom is 2.00 e. The van der Waals surface area contributed by atoms with E-state index >= 15 is 0 Å². The summed E-state index contributed by atoms with van der Waals surface area (Å²) in [7, 11) is -3.48. The summed E-state index contributed by atoms with van der Waals surface area (Å²) in [6.07, 6.45) is 0.997. The van der Waals surface area contributed by atoms with Gasteiger partial charge in [-0.15, -0.1) is 0 Å². The first-order valence-electron chi connectivity index (χ1n) is 10.4. The first-order chi connectivity index (χ1) is 15.3. The largest absolute Gasteiger partial charge is 2.00 e. The predicted molar refractivity (Wildman–Crippen MR) is 131 cm³/mol. The maximum absolute atomic E-state index is 13.5. The Morgan fingerprint density at radius 2 is 1.74 bits per heavy atom. The molecule has 1 aromatic heterocycles. The second-order valence-electron chi connectivity index (χ2n) is 8.28. The van der Waals surface area contributed by atoms with Gasteiger partial charge in [0.25, 0.3) is 0 Å². The minimum atomic E-state index is -3.48. The van der Waals surface area contributed by atoms with Crippen molar-refractivity contribution in [2.45, 2.75) is 57.0 Å². The molecule has 3 atom stereocenters. The molecule has 0 saturated heterocycles. The first kappa shape index (κ1) is 30.6. The Labute approximate surface area is 231 Å². The van der Waals surface area contributed by atoms with Gasteiger partial charge in [0, 0.05) is 23.8 Å². The summed E-state index contributed by atoms with van der Waals surface area (Å²) < 4.78 is 37.8. The zero-order valence-corrected chi connectivity index (χ0v) is 22.7. The number of aliphatic hydroxyl groups excluding tert-OH is 2. The molecule has 1 heterocycles. The van der Waals surface area contributed by atoms with Crippen LogP contribution in [0, 0.1) is 5.82 Å². The van der Waals surface area contributed by atoms with Crippen LogP contribution in [0.15, 0.2) is 30.3 Å². The molecule has 2 rings (SSSR count). The van der Waals surface area contributed by atoms with Crippen molar-refractivity contribution in [2.24, 2.45) is 0 Å². The van der Waals surface area contributed by atoms with E-state index in [0.29, 0.717) is 22.5 Å². The van der Waals surface area contributed by atoms with E-state index in [1.165, 1.54) is 37.3 Å². The Bertz CT molecular complexity index is 1130. The molecule has 0 amide bonds. The van der Waals surface area contributed by atoms with Gasteiger partial charge < -0.3 is 18.2 Å². The molecule has 0 radical (unpaired) electrons. The van der Waals surface area contributed by atoms with Crippen LogP contribution >= 0.6 is 0 Å². The van der Waals surface area contributed by atoms with E-state index in [1.807, 2.05) is 13.8 Å². The van der Waals surface area contributed by atoms with Gasteiger partial charge in [-0.3, -0.25) is 4.79 Å². The summed E-state index contributed by atoms with van der Waals surface area (Å²) in [6.45, 7) is 5.23. The monoisotopic (exact) mass is 522 g/mol. The SMILES string of the molecule is CC(C)c1nc(C(C)S(C)(=O)=O)nc(-c2ccc(F)cc2)c1/C=C/[C@@H](O)C[C@@H](O)CC(=O)O.[Ca+2].[H-].[H-]. The number of hydrogen-bond acceptors (Lipinski definition) is 7. The van der Waals surface area contributed by atoms with Gasteiger partial charge in [0.2, 0.25) is 0 Å². The van der Waals surface area contributed by atoms with Gasteiger partial charge in [0.05, 0.1) is 30.0 Å². The second kappa shape index (κ2) is 13.0. The second-order valence-corrected chi connectivity index (χ2v) is 10.6. The summed E-state index contributed by atoms with van der Waals surface area (Å²) in [5.41, 5.74) is 1.94. The molecule has 0 aliphatic carbocycles. The Morgan fingerprint density at radius 3 is 2.24 bits per heavy atom. The molecule has 11 heteroatoms. The minimum Gasteiger partial charge on any atom is -1.00 e. The van der Waals surface area contributed by atoms with Crippen LogP contribution in [0.3, 0.4) is 0 Å². The summed E-state index contributed by atoms with van der Waals surface area (Å²) in [5, 5.41) is 27.8. The van der Waals surface area contributed by atoms with Gasteiger partial charge in [0.15, 0.2) is 9.84 Å². The smallest absolute Gasteiger partial charge is 1.00 e. The molecule has 0 fully saturated rings. The third-order valence-electron chi connectivity index (χ3n) is 5.07. The fourth-order valence-corrected chi connectivity index (χ4v) is 3.65. The predicted octanol–water partition coefficient (Wildman–Crippen LogP) is 2.96. The van der Waals surface area contributed by atoms with Crippen molar-refractivity contribution in [3.8, 4) is 11.3 Å². The Hall–Kier alpha value is -1.43. The van der Waals surface area contributed by atoms with E-state index in [0.717, 1.165) is 6.26 Å². The third kappa shape index (κ3) is 8.66. The number of carbonyl (C=O) groups is 1. The number of rotatable bonds is 10. The quantitative estimate of drug-likeness (QED) is 0.405. The van der Waals surface area contributed by atoms with E-state index < -0.39 is 45.5 Å². The zero-order chi connectivity index (χ0) is 24.9. The fraction of sp³-hybridized carbons (Fsp3) is 0.435. The number of aromatic nitrogens is 2. The molecule has 1 aromatic carbocycles. The van der Waals surface area contributed by atoms with Crippen molar-refractivity contribution in [1.29, 1.82) is 0 Å². The van der Waals surface area contributed by atoms with Gasteiger partial charge in [-0.05, 0) is 37.1 Å². The van der Waals surface area contributed by atoms with Crippen molar-refractivity contribution in [3.63, 3.8) is 0 Å². The van der Waals surface area contributed by atoms with Gasteiger partial charge in [0.1, 0.15) is 16.9 Å². The maximum atomic E-state index is 13.5. The van der Waals surface area contributed by atoms with Crippen LogP contribution in [0.2, 0.25) is 0 Å². The van der Waals surface area contributed by atoms with Crippen LogP contribution in [0.1, 0.15) is 64.7 Å². The molecular formula is C23H31CaFN2O6S. The average Bonchev–Trinajstić information content (AvgIpc) is 2.70. The number of carboxylic acids is 1. The third-order valence-corrected chi connectivity index (χ3v) is 6.57. The molecule has 3 N–H and O–H groups in total. The molecule has 34 heavy (non-hydrogen) atoms. The van der Waals surface area contributed by atoms with E-state index in [9.17, 15) is 27.8 Å². The molecule has 0 spiro atoms. The number of aliphatic hydroxyl groups is 2. The van der Waals surface area contributed by atoms with Crippen molar-refractivity contribution in [2.75, 3.05) is 6.26 Å². The summed E-state index contributed by atoms with van der Waals surface area (Å²) >= 11 is 0. The number of benzene rings is 1. The Balaban J connectivity index is 0. The van der Waals surface area contributed by atoms with Crippen LogP contribution in [0.5, 0.6) is 0 Å². The van der Waals surface area contributed by atoms with Crippen LogP contribution < -0.4 is 0 Å². The van der Waals surface area contributed by atoms with Gasteiger partial charge in [-0.2, -0.15) is 0 Å². The van der Waals surface area contributed by atoms with Crippen LogP contribution in [0.25, 0.3) is 17.3 Å². The number of aliphatic carboxylic acids is 1. The number of halogens is 1. The number of carboxylic acid groups (broad SMARTS) is 1. The standard InChI is InChI=1S/C23H29FN2O6S.Ca.2H/c1-13(2)21-19(10-9-17(27)11-18(28)12-20(29)30)22(15-5-7-16(24)8-6-15)26-23(25-21)14(3)33(4,31)32;;;/h5-10,13-14,17-18,27-28H,11-12H2,1-4H3,(H,29,30);;;/q;+2;2*-1/b10-9+;;;/t14?,17-,18-;;;/m1.../s1. The van der Waals surface area contributed by atoms with Crippen molar-refractivity contribution < 1.29 is 35.8 Å². The van der Waals surface area contributed by atoms with E-state index in [2.05, 4.69) is 9.97 Å². The van der Waals surface area contributed by atoms with Gasteiger partial charge in [-0.25, -0.2) is 22.8 Å². The average molecular weight is 523 g/mol. The van der Waals surface area contributed by atoms with Crippen LogP contribution in [0.4, 0.5) is 4.39 Å². The summed E-state index contributed by atoms with van der Waals surface area (Å²) in [5.74, 6) is -1.66. The van der Waals surface area contributed by atoms with E-state index in [-0.39, 0.29) is 58.8 Å². The van der Waals surface area contributed by atoms with E-state index in [1.54, 1.807) is 6.08 Å². The number of hydrogen-bond donors (Lipinski definition) is 3. The molecule has 1 unspecified atom stereocenters. The van der Waals surface area contributed by atoms with Crippen LogP contribution in [-0.2, 0) is 14.6 Å². The number of nitrogens with zero attached hydrogens (tertiary/aromatic N) is 2. The van der Waals surface area contributed by atoms with E-state index in [4.69, 9.17) is 5.11 Å². The first-order valence-corrected chi connectivity index (χ1v) is 12.4. The van der Waals surface area contributed by atoms with Crippen molar-refractivity contribution in [1.82, 2.24) is 9.97 Å². The molecular weight excluding hydrogens is 491 g/mol. The molecule has 0 aliphatic rings. The molecule has 0 saturated carbocycles. The molecule has 0 bridgehead atoms. The Morgan fingerprint density at radius 1 is 1.15 bits per heavy atom. The normalized spacial score (nSPS) is 14.6. The number of sulfone groups is 1. The van der Waals surface area contributed by atoms with Gasteiger partial charge in [-0.1, -0.05) is 26.0 Å². The topological polar surface area (TPSA) is 138 Å².